The molecule has 8 nitrogen and oxygen atoms in total. The minimum Gasteiger partial charge on any atom is -0.371 e. The minimum absolute atomic E-state index is 0.0284. The van der Waals surface area contributed by atoms with Crippen LogP contribution in [-0.4, -0.2) is 42.6 Å². The lowest BCUT2D eigenvalue weighted by molar-refractivity contribution is 0.00555. The molecule has 1 fully saturated rings. The van der Waals surface area contributed by atoms with Crippen LogP contribution in [-0.2, 0) is 11.8 Å². The van der Waals surface area contributed by atoms with Gasteiger partial charge < -0.3 is 10.1 Å². The Kier molecular flexibility index (Phi) is 3.23. The van der Waals surface area contributed by atoms with Crippen molar-refractivity contribution < 1.29 is 4.74 Å². The second kappa shape index (κ2) is 5.38. The Morgan fingerprint density at radius 3 is 3.18 bits per heavy atom. The van der Waals surface area contributed by atoms with Gasteiger partial charge in [-0.2, -0.15) is 10.2 Å². The molecular formula is C14H17N7O. The zero-order chi connectivity index (χ0) is 14.9. The number of rotatable bonds is 3. The molecule has 0 saturated carbocycles. The van der Waals surface area contributed by atoms with Gasteiger partial charge in [0.1, 0.15) is 18.2 Å². The largest absolute Gasteiger partial charge is 0.371 e. The normalized spacial score (nSPS) is 22.0. The predicted molar refractivity (Wildman–Crippen MR) is 80.2 cm³/mol. The van der Waals surface area contributed by atoms with Crippen LogP contribution < -0.4 is 5.32 Å². The Morgan fingerprint density at radius 1 is 1.36 bits per heavy atom. The van der Waals surface area contributed by atoms with E-state index < -0.39 is 0 Å². The van der Waals surface area contributed by atoms with Crippen LogP contribution >= 0.6 is 0 Å². The van der Waals surface area contributed by atoms with Crippen LogP contribution in [0.25, 0.3) is 11.0 Å². The fraction of sp³-hybridized carbons (Fsp3) is 0.429. The summed E-state index contributed by atoms with van der Waals surface area (Å²) in [7, 11) is 1.91. The first kappa shape index (κ1) is 13.2. The number of anilines is 1. The third-order valence-corrected chi connectivity index (χ3v) is 3.95. The van der Waals surface area contributed by atoms with Crippen molar-refractivity contribution >= 4 is 16.9 Å². The van der Waals surface area contributed by atoms with Crippen molar-refractivity contribution in [1.29, 1.82) is 0 Å². The zero-order valence-corrected chi connectivity index (χ0v) is 12.2. The van der Waals surface area contributed by atoms with Crippen LogP contribution in [0.2, 0.25) is 0 Å². The summed E-state index contributed by atoms with van der Waals surface area (Å²) in [4.78, 5) is 8.51. The first-order chi connectivity index (χ1) is 10.8. The second-order valence-electron chi connectivity index (χ2n) is 5.49. The van der Waals surface area contributed by atoms with Crippen molar-refractivity contribution in [3.05, 3.63) is 30.5 Å². The Balaban J connectivity index is 1.63. The fourth-order valence-electron chi connectivity index (χ4n) is 2.90. The molecule has 2 N–H and O–H groups in total. The standard InChI is InChI=1S/C14H17N7O/c1-21-7-9(5-18-21)12-11(3-2-4-22-12)19-13-10-6-17-20-14(10)16-8-15-13/h5-8,11-12H,2-4H2,1H3,(H2,15,16,17,19,20)/t11-,12+/m0/s1. The highest BCUT2D eigenvalue weighted by Crippen LogP contribution is 2.31. The SMILES string of the molecule is Cn1cc([C@H]2OCCC[C@@H]2Nc2ncnc3[nH]ncc23)cn1. The van der Waals surface area contributed by atoms with Gasteiger partial charge in [0.05, 0.1) is 23.8 Å². The van der Waals surface area contributed by atoms with Gasteiger partial charge in [0.25, 0.3) is 0 Å². The number of hydrogen-bond acceptors (Lipinski definition) is 6. The molecule has 0 spiro atoms. The topological polar surface area (TPSA) is 93.5 Å². The maximum Gasteiger partial charge on any atom is 0.160 e. The van der Waals surface area contributed by atoms with E-state index in [-0.39, 0.29) is 12.1 Å². The molecular weight excluding hydrogens is 282 g/mol. The van der Waals surface area contributed by atoms with Crippen molar-refractivity contribution in [3.63, 3.8) is 0 Å². The van der Waals surface area contributed by atoms with Crippen molar-refractivity contribution in [2.45, 2.75) is 25.0 Å². The lowest BCUT2D eigenvalue weighted by atomic mass is 9.98. The van der Waals surface area contributed by atoms with Crippen LogP contribution in [0.4, 0.5) is 5.82 Å². The highest BCUT2D eigenvalue weighted by molar-refractivity contribution is 5.85. The molecule has 0 aromatic carbocycles. The lowest BCUT2D eigenvalue weighted by Gasteiger charge is -2.32. The molecule has 0 amide bonds. The molecule has 3 aromatic heterocycles. The smallest absolute Gasteiger partial charge is 0.160 e. The number of aromatic nitrogens is 6. The number of nitrogens with one attached hydrogen (secondary N) is 2. The van der Waals surface area contributed by atoms with Crippen molar-refractivity contribution in [3.8, 4) is 0 Å². The van der Waals surface area contributed by atoms with Crippen molar-refractivity contribution in [2.24, 2.45) is 7.05 Å². The molecule has 4 heterocycles. The first-order valence-corrected chi connectivity index (χ1v) is 7.32. The number of H-pyrrole nitrogens is 1. The van der Waals surface area contributed by atoms with E-state index in [1.807, 2.05) is 19.4 Å². The quantitative estimate of drug-likeness (QED) is 0.759. The van der Waals surface area contributed by atoms with Gasteiger partial charge in [-0.25, -0.2) is 9.97 Å². The summed E-state index contributed by atoms with van der Waals surface area (Å²) >= 11 is 0. The monoisotopic (exact) mass is 299 g/mol. The van der Waals surface area contributed by atoms with Crippen LogP contribution in [0.1, 0.15) is 24.5 Å². The molecule has 1 saturated heterocycles. The molecule has 114 valence electrons. The van der Waals surface area contributed by atoms with Gasteiger partial charge in [-0.3, -0.25) is 9.78 Å². The van der Waals surface area contributed by atoms with Gasteiger partial charge in [0, 0.05) is 25.4 Å². The lowest BCUT2D eigenvalue weighted by Crippen LogP contribution is -2.34. The van der Waals surface area contributed by atoms with Crippen molar-refractivity contribution in [2.75, 3.05) is 11.9 Å². The Morgan fingerprint density at radius 2 is 2.32 bits per heavy atom. The van der Waals surface area contributed by atoms with E-state index in [0.29, 0.717) is 0 Å². The number of hydrogen-bond donors (Lipinski definition) is 2. The van der Waals surface area contributed by atoms with Gasteiger partial charge >= 0.3 is 0 Å². The molecule has 3 aromatic rings. The number of nitrogens with zero attached hydrogens (tertiary/aromatic N) is 5. The predicted octanol–water partition coefficient (Wildman–Crippen LogP) is 1.42. The zero-order valence-electron chi connectivity index (χ0n) is 12.2. The first-order valence-electron chi connectivity index (χ1n) is 7.32. The summed E-state index contributed by atoms with van der Waals surface area (Å²) in [5, 5.41) is 15.5. The summed E-state index contributed by atoms with van der Waals surface area (Å²) in [6, 6.07) is 0.144. The van der Waals surface area contributed by atoms with E-state index in [0.717, 1.165) is 41.9 Å². The maximum atomic E-state index is 5.97. The summed E-state index contributed by atoms with van der Waals surface area (Å²) in [6.45, 7) is 0.767. The number of aromatic amines is 1. The minimum atomic E-state index is -0.0284. The highest BCUT2D eigenvalue weighted by atomic mass is 16.5. The molecule has 22 heavy (non-hydrogen) atoms. The van der Waals surface area contributed by atoms with Gasteiger partial charge in [0.15, 0.2) is 5.65 Å². The van der Waals surface area contributed by atoms with Crippen LogP contribution in [0.5, 0.6) is 0 Å². The van der Waals surface area contributed by atoms with E-state index >= 15 is 0 Å². The Labute approximate surface area is 126 Å². The molecule has 1 aliphatic rings. The summed E-state index contributed by atoms with van der Waals surface area (Å²) in [5.74, 6) is 0.781. The number of aryl methyl sites for hydroxylation is 1. The van der Waals surface area contributed by atoms with Gasteiger partial charge in [-0.15, -0.1) is 0 Å². The molecule has 1 aliphatic heterocycles. The summed E-state index contributed by atoms with van der Waals surface area (Å²) < 4.78 is 7.77. The van der Waals surface area contributed by atoms with Gasteiger partial charge in [0.2, 0.25) is 0 Å². The van der Waals surface area contributed by atoms with E-state index in [4.69, 9.17) is 4.74 Å². The fourth-order valence-corrected chi connectivity index (χ4v) is 2.90. The average Bonchev–Trinajstić information content (AvgIpc) is 3.17. The molecule has 8 heteroatoms. The van der Waals surface area contributed by atoms with Crippen LogP contribution in [0, 0.1) is 0 Å². The third kappa shape index (κ3) is 2.31. The molecule has 0 unspecified atom stereocenters. The molecule has 0 aliphatic carbocycles. The van der Waals surface area contributed by atoms with Gasteiger partial charge in [-0.1, -0.05) is 0 Å². The highest BCUT2D eigenvalue weighted by Gasteiger charge is 2.29. The summed E-state index contributed by atoms with van der Waals surface area (Å²) in [6.07, 6.45) is 9.14. The second-order valence-corrected chi connectivity index (χ2v) is 5.49. The maximum absolute atomic E-state index is 5.97. The van der Waals surface area contributed by atoms with E-state index in [9.17, 15) is 0 Å². The average molecular weight is 299 g/mol. The van der Waals surface area contributed by atoms with Crippen LogP contribution in [0.15, 0.2) is 24.9 Å². The molecule has 2 atom stereocenters. The van der Waals surface area contributed by atoms with E-state index in [1.165, 1.54) is 6.33 Å². The van der Waals surface area contributed by atoms with Crippen molar-refractivity contribution in [1.82, 2.24) is 29.9 Å². The number of ether oxygens (including phenoxy) is 1. The number of fused-ring (bicyclic) bond motifs is 1. The summed E-state index contributed by atoms with van der Waals surface area (Å²) in [5.41, 5.74) is 1.81. The Bertz CT molecular complexity index is 780. The van der Waals surface area contributed by atoms with Crippen LogP contribution in [0.3, 0.4) is 0 Å². The third-order valence-electron chi connectivity index (χ3n) is 3.95. The van der Waals surface area contributed by atoms with E-state index in [1.54, 1.807) is 10.9 Å². The van der Waals surface area contributed by atoms with E-state index in [2.05, 4.69) is 30.6 Å². The molecule has 0 bridgehead atoms. The molecule has 0 radical (unpaired) electrons. The molecule has 4 rings (SSSR count). The Hall–Kier alpha value is -2.48. The van der Waals surface area contributed by atoms with Gasteiger partial charge in [-0.05, 0) is 12.8 Å².